The highest BCUT2D eigenvalue weighted by molar-refractivity contribution is 9.10. The van der Waals surface area contributed by atoms with Crippen LogP contribution in [0.5, 0.6) is 0 Å². The van der Waals surface area contributed by atoms with Gasteiger partial charge >= 0.3 is 0 Å². The summed E-state index contributed by atoms with van der Waals surface area (Å²) in [5, 5.41) is 2.89. The van der Waals surface area contributed by atoms with Gasteiger partial charge in [0.2, 0.25) is 0 Å². The van der Waals surface area contributed by atoms with E-state index in [1.165, 1.54) is 0 Å². The van der Waals surface area contributed by atoms with Crippen molar-refractivity contribution in [3.8, 4) is 0 Å². The van der Waals surface area contributed by atoms with Crippen LogP contribution in [0.15, 0.2) is 34.1 Å². The fraction of sp³-hybridized carbons (Fsp3) is 0.375. The topological polar surface area (TPSA) is 33.2 Å². The van der Waals surface area contributed by atoms with Crippen molar-refractivity contribution in [2.75, 3.05) is 7.05 Å². The zero-order valence-corrected chi connectivity index (χ0v) is 14.9. The summed E-state index contributed by atoms with van der Waals surface area (Å²) in [4.78, 5) is 18.6. The van der Waals surface area contributed by atoms with Crippen LogP contribution in [0.1, 0.15) is 34.9 Å². The molecule has 0 N–H and O–H groups in total. The van der Waals surface area contributed by atoms with Crippen LogP contribution < -0.4 is 0 Å². The van der Waals surface area contributed by atoms with Gasteiger partial charge in [0.15, 0.2) is 0 Å². The molecule has 5 heteroatoms. The van der Waals surface area contributed by atoms with Crippen LogP contribution in [0.3, 0.4) is 0 Å². The van der Waals surface area contributed by atoms with Crippen molar-refractivity contribution in [1.29, 1.82) is 0 Å². The molecular weight excluding hydrogens is 348 g/mol. The second kappa shape index (κ2) is 7.18. The number of hydrogen-bond donors (Lipinski definition) is 0. The number of carbonyl (C=O) groups is 1. The van der Waals surface area contributed by atoms with Crippen LogP contribution in [0, 0.1) is 5.92 Å². The third-order valence-electron chi connectivity index (χ3n) is 3.07. The molecule has 1 amide bonds. The standard InChI is InChI=1S/C16H19BrN2OS/c1-11(2)8-15-18-14(10-21-15)16(20)19(3)9-12-6-4-5-7-13(12)17/h4-7,10-11H,8-9H2,1-3H3. The van der Waals surface area contributed by atoms with E-state index >= 15 is 0 Å². The van der Waals surface area contributed by atoms with Gasteiger partial charge in [-0.25, -0.2) is 4.98 Å². The molecule has 0 fully saturated rings. The minimum absolute atomic E-state index is 0.0305. The quantitative estimate of drug-likeness (QED) is 0.786. The van der Waals surface area contributed by atoms with Gasteiger partial charge in [0.1, 0.15) is 5.69 Å². The molecule has 112 valence electrons. The molecule has 0 spiro atoms. The number of rotatable bonds is 5. The van der Waals surface area contributed by atoms with E-state index in [-0.39, 0.29) is 5.91 Å². The van der Waals surface area contributed by atoms with Crippen molar-refractivity contribution < 1.29 is 4.79 Å². The normalized spacial score (nSPS) is 10.9. The van der Waals surface area contributed by atoms with E-state index in [0.717, 1.165) is 21.5 Å². The fourth-order valence-corrected chi connectivity index (χ4v) is 3.39. The fourth-order valence-electron chi connectivity index (χ4n) is 2.00. The van der Waals surface area contributed by atoms with Crippen LogP contribution in [-0.4, -0.2) is 22.8 Å². The third-order valence-corrected chi connectivity index (χ3v) is 4.71. The molecule has 0 bridgehead atoms. The van der Waals surface area contributed by atoms with Gasteiger partial charge < -0.3 is 4.90 Å². The van der Waals surface area contributed by atoms with Crippen LogP contribution in [0.4, 0.5) is 0 Å². The Morgan fingerprint density at radius 2 is 2.10 bits per heavy atom. The predicted molar refractivity (Wildman–Crippen MR) is 90.6 cm³/mol. The Kier molecular flexibility index (Phi) is 5.53. The molecule has 2 aromatic rings. The molecule has 1 aromatic heterocycles. The maximum Gasteiger partial charge on any atom is 0.273 e. The van der Waals surface area contributed by atoms with Crippen molar-refractivity contribution in [2.45, 2.75) is 26.8 Å². The molecule has 1 heterocycles. The number of benzene rings is 1. The van der Waals surface area contributed by atoms with Gasteiger partial charge in [-0.2, -0.15) is 0 Å². The largest absolute Gasteiger partial charge is 0.336 e. The van der Waals surface area contributed by atoms with Crippen molar-refractivity contribution in [3.05, 3.63) is 50.4 Å². The molecule has 21 heavy (non-hydrogen) atoms. The number of hydrogen-bond acceptors (Lipinski definition) is 3. The first-order chi connectivity index (χ1) is 9.97. The minimum atomic E-state index is -0.0305. The van der Waals surface area contributed by atoms with Gasteiger partial charge in [0.05, 0.1) is 5.01 Å². The van der Waals surface area contributed by atoms with Gasteiger partial charge in [-0.3, -0.25) is 4.79 Å². The molecule has 0 aliphatic heterocycles. The van der Waals surface area contributed by atoms with Gasteiger partial charge in [0, 0.05) is 29.9 Å². The molecule has 0 aliphatic carbocycles. The Morgan fingerprint density at radius 1 is 1.38 bits per heavy atom. The molecule has 3 nitrogen and oxygen atoms in total. The van der Waals surface area contributed by atoms with Crippen molar-refractivity contribution in [1.82, 2.24) is 9.88 Å². The second-order valence-corrected chi connectivity index (χ2v) is 7.27. The highest BCUT2D eigenvalue weighted by Crippen LogP contribution is 2.19. The molecule has 1 aromatic carbocycles. The Morgan fingerprint density at radius 3 is 2.76 bits per heavy atom. The van der Waals surface area contributed by atoms with Crippen molar-refractivity contribution >= 4 is 33.2 Å². The van der Waals surface area contributed by atoms with E-state index in [4.69, 9.17) is 0 Å². The smallest absolute Gasteiger partial charge is 0.273 e. The van der Waals surface area contributed by atoms with Crippen molar-refractivity contribution in [2.24, 2.45) is 5.92 Å². The maximum absolute atomic E-state index is 12.4. The Hall–Kier alpha value is -1.20. The molecule has 0 aliphatic rings. The number of carbonyl (C=O) groups excluding carboxylic acids is 1. The molecule has 0 atom stereocenters. The highest BCUT2D eigenvalue weighted by atomic mass is 79.9. The minimum Gasteiger partial charge on any atom is -0.336 e. The number of halogens is 1. The first-order valence-corrected chi connectivity index (χ1v) is 8.58. The monoisotopic (exact) mass is 366 g/mol. The van der Waals surface area contributed by atoms with E-state index in [9.17, 15) is 4.79 Å². The summed E-state index contributed by atoms with van der Waals surface area (Å²) in [6.45, 7) is 4.88. The summed E-state index contributed by atoms with van der Waals surface area (Å²) < 4.78 is 1.02. The Bertz CT molecular complexity index is 624. The third kappa shape index (κ3) is 4.38. The lowest BCUT2D eigenvalue weighted by atomic mass is 10.1. The number of aromatic nitrogens is 1. The van der Waals surface area contributed by atoms with Gasteiger partial charge in [-0.1, -0.05) is 48.0 Å². The molecule has 0 radical (unpaired) electrons. The molecule has 0 unspecified atom stereocenters. The second-order valence-electron chi connectivity index (χ2n) is 5.48. The average Bonchev–Trinajstić information content (AvgIpc) is 2.88. The summed E-state index contributed by atoms with van der Waals surface area (Å²) in [6.07, 6.45) is 0.923. The molecule has 0 saturated heterocycles. The number of amides is 1. The van der Waals surface area contributed by atoms with E-state index in [1.54, 1.807) is 16.2 Å². The number of nitrogens with zero attached hydrogens (tertiary/aromatic N) is 2. The average molecular weight is 367 g/mol. The lowest BCUT2D eigenvalue weighted by Crippen LogP contribution is -2.26. The summed E-state index contributed by atoms with van der Waals surface area (Å²) in [5.74, 6) is 0.522. The van der Waals surface area contributed by atoms with Crippen LogP contribution >= 0.6 is 27.3 Å². The van der Waals surface area contributed by atoms with E-state index in [0.29, 0.717) is 18.2 Å². The molecular formula is C16H19BrN2OS. The van der Waals surface area contributed by atoms with Crippen LogP contribution in [-0.2, 0) is 13.0 Å². The highest BCUT2D eigenvalue weighted by Gasteiger charge is 2.16. The summed E-state index contributed by atoms with van der Waals surface area (Å²) >= 11 is 5.08. The number of thiazole rings is 1. The van der Waals surface area contributed by atoms with Gasteiger partial charge in [0.25, 0.3) is 5.91 Å². The SMILES string of the molecule is CC(C)Cc1nc(C(=O)N(C)Cc2ccccc2Br)cs1. The first-order valence-electron chi connectivity index (χ1n) is 6.90. The van der Waals surface area contributed by atoms with Crippen molar-refractivity contribution in [3.63, 3.8) is 0 Å². The van der Waals surface area contributed by atoms with E-state index in [2.05, 4.69) is 34.8 Å². The van der Waals surface area contributed by atoms with Crippen LogP contribution in [0.2, 0.25) is 0 Å². The molecule has 0 saturated carbocycles. The summed E-state index contributed by atoms with van der Waals surface area (Å²) in [6, 6.07) is 7.94. The zero-order valence-electron chi connectivity index (χ0n) is 12.5. The van der Waals surface area contributed by atoms with E-state index < -0.39 is 0 Å². The maximum atomic E-state index is 12.4. The lowest BCUT2D eigenvalue weighted by molar-refractivity contribution is 0.0779. The van der Waals surface area contributed by atoms with Gasteiger partial charge in [-0.05, 0) is 17.5 Å². The van der Waals surface area contributed by atoms with Gasteiger partial charge in [-0.15, -0.1) is 11.3 Å². The lowest BCUT2D eigenvalue weighted by Gasteiger charge is -2.16. The zero-order chi connectivity index (χ0) is 15.4. The predicted octanol–water partition coefficient (Wildman–Crippen LogP) is 4.38. The Balaban J connectivity index is 2.05. The Labute approximate surface area is 138 Å². The first kappa shape index (κ1) is 16.2. The summed E-state index contributed by atoms with van der Waals surface area (Å²) in [7, 11) is 1.81. The van der Waals surface area contributed by atoms with E-state index in [1.807, 2.05) is 36.7 Å². The molecule has 2 rings (SSSR count). The summed E-state index contributed by atoms with van der Waals surface area (Å²) in [5.41, 5.74) is 1.64. The van der Waals surface area contributed by atoms with Crippen LogP contribution in [0.25, 0.3) is 0 Å².